The molecule has 1 saturated heterocycles. The second kappa shape index (κ2) is 8.27. The summed E-state index contributed by atoms with van der Waals surface area (Å²) in [7, 11) is 3.29. The third-order valence-corrected chi connectivity index (χ3v) is 5.93. The fraction of sp³-hybridized carbons (Fsp3) is 0.500. The molecule has 1 fully saturated rings. The first kappa shape index (κ1) is 19.5. The van der Waals surface area contributed by atoms with E-state index in [1.54, 1.807) is 26.5 Å². The summed E-state index contributed by atoms with van der Waals surface area (Å²) in [5.74, 6) is 2.76. The van der Waals surface area contributed by atoms with Crippen LogP contribution in [0, 0.1) is 5.92 Å². The van der Waals surface area contributed by atoms with E-state index in [0.717, 1.165) is 50.4 Å². The van der Waals surface area contributed by atoms with Crippen LogP contribution in [0.25, 0.3) is 0 Å². The Hall–Kier alpha value is -2.83. The van der Waals surface area contributed by atoms with Crippen LogP contribution in [0.2, 0.25) is 0 Å². The second-order valence-corrected chi connectivity index (χ2v) is 7.86. The zero-order valence-electron chi connectivity index (χ0n) is 17.4. The number of aromatic nitrogens is 2. The molecule has 4 rings (SSSR count). The van der Waals surface area contributed by atoms with Gasteiger partial charge in [-0.15, -0.1) is 0 Å². The molecule has 0 atom stereocenters. The van der Waals surface area contributed by atoms with Crippen molar-refractivity contribution in [2.75, 3.05) is 38.8 Å². The summed E-state index contributed by atoms with van der Waals surface area (Å²) in [6.45, 7) is 5.31. The van der Waals surface area contributed by atoms with Crippen molar-refractivity contribution in [3.05, 3.63) is 41.2 Å². The Balaban J connectivity index is 1.53. The Kier molecular flexibility index (Phi) is 5.56. The Bertz CT molecular complexity index is 894. The molecule has 3 heterocycles. The van der Waals surface area contributed by atoms with Crippen LogP contribution in [0.1, 0.15) is 41.4 Å². The summed E-state index contributed by atoms with van der Waals surface area (Å²) < 4.78 is 10.9. The van der Waals surface area contributed by atoms with E-state index in [4.69, 9.17) is 9.47 Å². The molecule has 7 heteroatoms. The minimum Gasteiger partial charge on any atom is -0.493 e. The second-order valence-electron chi connectivity index (χ2n) is 7.86. The lowest BCUT2D eigenvalue weighted by atomic mass is 9.99. The molecule has 0 unspecified atom stereocenters. The minimum absolute atomic E-state index is 0.00404. The van der Waals surface area contributed by atoms with Gasteiger partial charge in [-0.1, -0.05) is 6.92 Å². The number of anilines is 1. The average molecular weight is 396 g/mol. The molecule has 0 N–H and O–H groups in total. The van der Waals surface area contributed by atoms with Gasteiger partial charge in [0.1, 0.15) is 5.69 Å². The summed E-state index contributed by atoms with van der Waals surface area (Å²) in [6.07, 6.45) is 4.66. The van der Waals surface area contributed by atoms with Crippen molar-refractivity contribution < 1.29 is 14.3 Å². The maximum atomic E-state index is 12.9. The largest absolute Gasteiger partial charge is 0.493 e. The lowest BCUT2D eigenvalue weighted by molar-refractivity contribution is 0.0691. The van der Waals surface area contributed by atoms with Gasteiger partial charge in [0.25, 0.3) is 5.91 Å². The predicted octanol–water partition coefficient (Wildman–Crippen LogP) is 2.93. The van der Waals surface area contributed by atoms with Gasteiger partial charge in [-0.3, -0.25) is 4.79 Å². The van der Waals surface area contributed by atoms with Crippen molar-refractivity contribution in [1.82, 2.24) is 14.9 Å². The van der Waals surface area contributed by atoms with Gasteiger partial charge in [0.2, 0.25) is 5.95 Å². The van der Waals surface area contributed by atoms with Crippen LogP contribution in [-0.4, -0.2) is 54.6 Å². The summed E-state index contributed by atoms with van der Waals surface area (Å²) in [4.78, 5) is 26.0. The molecule has 29 heavy (non-hydrogen) atoms. The van der Waals surface area contributed by atoms with Crippen molar-refractivity contribution in [3.8, 4) is 11.5 Å². The van der Waals surface area contributed by atoms with Crippen LogP contribution in [0.15, 0.2) is 24.4 Å². The number of likely N-dealkylation sites (tertiary alicyclic amines) is 1. The standard InChI is InChI=1S/C22H28N4O3/c1-15-5-9-25(10-6-15)21(27)18-4-8-23-22(24-18)26-11-7-16-12-19(28-2)20(29-3)13-17(16)14-26/h4,8,12-13,15H,5-7,9-11,14H2,1-3H3. The highest BCUT2D eigenvalue weighted by atomic mass is 16.5. The highest BCUT2D eigenvalue weighted by Gasteiger charge is 2.25. The van der Waals surface area contributed by atoms with Crippen molar-refractivity contribution in [3.63, 3.8) is 0 Å². The van der Waals surface area contributed by atoms with Crippen molar-refractivity contribution in [1.29, 1.82) is 0 Å². The molecule has 154 valence electrons. The maximum absolute atomic E-state index is 12.9. The third-order valence-electron chi connectivity index (χ3n) is 5.93. The maximum Gasteiger partial charge on any atom is 0.272 e. The van der Waals surface area contributed by atoms with Crippen LogP contribution >= 0.6 is 0 Å². The molecule has 2 aliphatic rings. The summed E-state index contributed by atoms with van der Waals surface area (Å²) >= 11 is 0. The van der Waals surface area contributed by atoms with Gasteiger partial charge < -0.3 is 19.3 Å². The molecule has 1 amide bonds. The van der Waals surface area contributed by atoms with Crippen molar-refractivity contribution >= 4 is 11.9 Å². The molecule has 0 saturated carbocycles. The number of methoxy groups -OCH3 is 2. The van der Waals surface area contributed by atoms with E-state index in [9.17, 15) is 4.79 Å². The SMILES string of the molecule is COc1cc2c(cc1OC)CN(c1nccc(C(=O)N3CCC(C)CC3)n1)CC2. The summed E-state index contributed by atoms with van der Waals surface area (Å²) in [6, 6.07) is 5.78. The van der Waals surface area contributed by atoms with Gasteiger partial charge in [-0.05, 0) is 54.5 Å². The van der Waals surface area contributed by atoms with Gasteiger partial charge in [0.05, 0.1) is 14.2 Å². The monoisotopic (exact) mass is 396 g/mol. The molecule has 2 aliphatic heterocycles. The predicted molar refractivity (Wildman–Crippen MR) is 111 cm³/mol. The molecular weight excluding hydrogens is 368 g/mol. The Labute approximate surface area is 171 Å². The quantitative estimate of drug-likeness (QED) is 0.792. The number of carbonyl (C=O) groups excluding carboxylic acids is 1. The van der Waals surface area contributed by atoms with Crippen LogP contribution in [0.3, 0.4) is 0 Å². The minimum atomic E-state index is 0.00404. The number of piperidine rings is 1. The number of hydrogen-bond donors (Lipinski definition) is 0. The topological polar surface area (TPSA) is 67.8 Å². The molecule has 0 spiro atoms. The first-order valence-corrected chi connectivity index (χ1v) is 10.2. The smallest absolute Gasteiger partial charge is 0.272 e. The van der Waals surface area contributed by atoms with E-state index in [0.29, 0.717) is 24.1 Å². The van der Waals surface area contributed by atoms with E-state index in [1.807, 2.05) is 17.0 Å². The van der Waals surface area contributed by atoms with Crippen LogP contribution in [-0.2, 0) is 13.0 Å². The molecule has 2 aromatic rings. The Morgan fingerprint density at radius 2 is 1.76 bits per heavy atom. The van der Waals surface area contributed by atoms with Gasteiger partial charge in [-0.2, -0.15) is 0 Å². The fourth-order valence-electron chi connectivity index (χ4n) is 4.05. The Morgan fingerprint density at radius 1 is 1.07 bits per heavy atom. The molecular formula is C22H28N4O3. The number of fused-ring (bicyclic) bond motifs is 1. The van der Waals surface area contributed by atoms with Crippen molar-refractivity contribution in [2.45, 2.75) is 32.7 Å². The number of rotatable bonds is 4. The number of carbonyl (C=O) groups is 1. The number of amides is 1. The first-order chi connectivity index (χ1) is 14.1. The number of benzene rings is 1. The molecule has 1 aromatic heterocycles. The van der Waals surface area contributed by atoms with E-state index in [-0.39, 0.29) is 5.91 Å². The van der Waals surface area contributed by atoms with E-state index >= 15 is 0 Å². The highest BCUT2D eigenvalue weighted by molar-refractivity contribution is 5.92. The molecule has 0 radical (unpaired) electrons. The number of nitrogens with zero attached hydrogens (tertiary/aromatic N) is 4. The van der Waals surface area contributed by atoms with Crippen LogP contribution in [0.4, 0.5) is 5.95 Å². The van der Waals surface area contributed by atoms with E-state index in [2.05, 4.69) is 21.8 Å². The third kappa shape index (κ3) is 3.99. The van der Waals surface area contributed by atoms with Gasteiger partial charge in [-0.25, -0.2) is 9.97 Å². The summed E-state index contributed by atoms with van der Waals surface area (Å²) in [5, 5.41) is 0. The molecule has 0 aliphatic carbocycles. The normalized spacial score (nSPS) is 17.1. The molecule has 1 aromatic carbocycles. The summed E-state index contributed by atoms with van der Waals surface area (Å²) in [5.41, 5.74) is 2.88. The number of ether oxygens (including phenoxy) is 2. The average Bonchev–Trinajstić information content (AvgIpc) is 2.77. The Morgan fingerprint density at radius 3 is 2.45 bits per heavy atom. The fourth-order valence-corrected chi connectivity index (χ4v) is 4.05. The van der Waals surface area contributed by atoms with Gasteiger partial charge in [0.15, 0.2) is 11.5 Å². The zero-order valence-corrected chi connectivity index (χ0v) is 17.4. The molecule has 0 bridgehead atoms. The van der Waals surface area contributed by atoms with Crippen LogP contribution < -0.4 is 14.4 Å². The zero-order chi connectivity index (χ0) is 20.4. The van der Waals surface area contributed by atoms with Gasteiger partial charge >= 0.3 is 0 Å². The molecule has 7 nitrogen and oxygen atoms in total. The van der Waals surface area contributed by atoms with Crippen molar-refractivity contribution in [2.24, 2.45) is 5.92 Å². The lowest BCUT2D eigenvalue weighted by Gasteiger charge is -2.31. The highest BCUT2D eigenvalue weighted by Crippen LogP contribution is 2.34. The number of hydrogen-bond acceptors (Lipinski definition) is 6. The van der Waals surface area contributed by atoms with E-state index in [1.165, 1.54) is 11.1 Å². The lowest BCUT2D eigenvalue weighted by Crippen LogP contribution is -2.38. The first-order valence-electron chi connectivity index (χ1n) is 10.2. The van der Waals surface area contributed by atoms with Gasteiger partial charge in [0, 0.05) is 32.4 Å². The van der Waals surface area contributed by atoms with E-state index < -0.39 is 0 Å². The van der Waals surface area contributed by atoms with Crippen LogP contribution in [0.5, 0.6) is 11.5 Å².